The van der Waals surface area contributed by atoms with Crippen molar-refractivity contribution < 1.29 is 4.74 Å². The zero-order valence-electron chi connectivity index (χ0n) is 7.66. The van der Waals surface area contributed by atoms with Gasteiger partial charge in [-0.1, -0.05) is 0 Å². The summed E-state index contributed by atoms with van der Waals surface area (Å²) in [5, 5.41) is 7.65. The highest BCUT2D eigenvalue weighted by molar-refractivity contribution is 7.08. The van der Waals surface area contributed by atoms with E-state index in [-0.39, 0.29) is 0 Å². The van der Waals surface area contributed by atoms with Gasteiger partial charge in [0.25, 0.3) is 0 Å². The van der Waals surface area contributed by atoms with Crippen LogP contribution >= 0.6 is 11.3 Å². The predicted molar refractivity (Wildman–Crippen MR) is 56.4 cm³/mol. The van der Waals surface area contributed by atoms with Crippen LogP contribution in [0, 0.1) is 5.92 Å². The van der Waals surface area contributed by atoms with Crippen molar-refractivity contribution in [3.8, 4) is 0 Å². The van der Waals surface area contributed by atoms with Crippen LogP contribution in [0.2, 0.25) is 0 Å². The molecule has 0 spiro atoms. The molecular formula is C10H15NOS. The molecule has 1 unspecified atom stereocenters. The highest BCUT2D eigenvalue weighted by Crippen LogP contribution is 2.17. The molecule has 1 aliphatic rings. The summed E-state index contributed by atoms with van der Waals surface area (Å²) in [6.45, 7) is 3.00. The van der Waals surface area contributed by atoms with E-state index in [4.69, 9.17) is 4.74 Å². The Morgan fingerprint density at radius 1 is 1.62 bits per heavy atom. The lowest BCUT2D eigenvalue weighted by molar-refractivity contribution is 0.185. The minimum Gasteiger partial charge on any atom is -0.384 e. The number of hydrogen-bond donors (Lipinski definition) is 1. The first kappa shape index (κ1) is 9.03. The van der Waals surface area contributed by atoms with E-state index in [0.29, 0.717) is 0 Å². The van der Waals surface area contributed by atoms with E-state index in [9.17, 15) is 0 Å². The second-order valence-electron chi connectivity index (χ2n) is 3.46. The third-order valence-corrected chi connectivity index (χ3v) is 3.11. The van der Waals surface area contributed by atoms with Crippen LogP contribution in [-0.2, 0) is 4.74 Å². The van der Waals surface area contributed by atoms with Crippen LogP contribution in [0.5, 0.6) is 0 Å². The van der Waals surface area contributed by atoms with E-state index < -0.39 is 0 Å². The lowest BCUT2D eigenvalue weighted by atomic mass is 10.1. The Balaban J connectivity index is 1.63. The van der Waals surface area contributed by atoms with Gasteiger partial charge in [0, 0.05) is 30.8 Å². The van der Waals surface area contributed by atoms with E-state index in [0.717, 1.165) is 25.7 Å². The van der Waals surface area contributed by atoms with Crippen molar-refractivity contribution in [1.29, 1.82) is 0 Å². The van der Waals surface area contributed by atoms with Crippen molar-refractivity contribution in [2.75, 3.05) is 25.1 Å². The van der Waals surface area contributed by atoms with Crippen molar-refractivity contribution in [1.82, 2.24) is 0 Å². The molecule has 1 saturated heterocycles. The van der Waals surface area contributed by atoms with Crippen LogP contribution < -0.4 is 5.32 Å². The fraction of sp³-hybridized carbons (Fsp3) is 0.600. The highest BCUT2D eigenvalue weighted by atomic mass is 32.1. The van der Waals surface area contributed by atoms with Crippen molar-refractivity contribution in [2.24, 2.45) is 5.92 Å². The number of hydrogen-bond acceptors (Lipinski definition) is 3. The van der Waals surface area contributed by atoms with Gasteiger partial charge < -0.3 is 10.1 Å². The SMILES string of the molecule is c1cc(NCCC2CCOC2)cs1. The number of nitrogens with one attached hydrogen (secondary N) is 1. The zero-order valence-corrected chi connectivity index (χ0v) is 8.48. The fourth-order valence-electron chi connectivity index (χ4n) is 1.60. The molecule has 1 fully saturated rings. The summed E-state index contributed by atoms with van der Waals surface area (Å²) >= 11 is 1.74. The molecule has 0 saturated carbocycles. The Bertz CT molecular complexity index is 229. The summed E-state index contributed by atoms with van der Waals surface area (Å²) in [5.74, 6) is 0.783. The molecule has 1 aromatic rings. The molecular weight excluding hydrogens is 182 g/mol. The maximum absolute atomic E-state index is 5.32. The average molecular weight is 197 g/mol. The first-order chi connectivity index (χ1) is 6.45. The summed E-state index contributed by atoms with van der Waals surface area (Å²) in [6.07, 6.45) is 2.47. The number of rotatable bonds is 4. The molecule has 3 heteroatoms. The summed E-state index contributed by atoms with van der Waals surface area (Å²) in [7, 11) is 0. The van der Waals surface area contributed by atoms with Gasteiger partial charge in [-0.15, -0.1) is 0 Å². The Morgan fingerprint density at radius 2 is 2.62 bits per heavy atom. The van der Waals surface area contributed by atoms with E-state index in [2.05, 4.69) is 22.1 Å². The second-order valence-corrected chi connectivity index (χ2v) is 4.24. The number of anilines is 1. The van der Waals surface area contributed by atoms with Gasteiger partial charge in [-0.25, -0.2) is 0 Å². The second kappa shape index (κ2) is 4.63. The quantitative estimate of drug-likeness (QED) is 0.801. The van der Waals surface area contributed by atoms with Crippen LogP contribution in [0.15, 0.2) is 16.8 Å². The summed E-state index contributed by atoms with van der Waals surface area (Å²) in [6, 6.07) is 2.12. The third kappa shape index (κ3) is 2.71. The molecule has 2 nitrogen and oxygen atoms in total. The molecule has 0 aromatic carbocycles. The van der Waals surface area contributed by atoms with E-state index >= 15 is 0 Å². The lowest BCUT2D eigenvalue weighted by Crippen LogP contribution is -2.08. The normalized spacial score (nSPS) is 22.0. The van der Waals surface area contributed by atoms with Gasteiger partial charge in [0.1, 0.15) is 0 Å². The van der Waals surface area contributed by atoms with E-state index in [1.807, 2.05) is 0 Å². The molecule has 1 aromatic heterocycles. The summed E-state index contributed by atoms with van der Waals surface area (Å²) in [4.78, 5) is 0. The zero-order chi connectivity index (χ0) is 8.93. The number of thiophene rings is 1. The van der Waals surface area contributed by atoms with Crippen LogP contribution in [0.4, 0.5) is 5.69 Å². The van der Waals surface area contributed by atoms with Crippen LogP contribution in [0.25, 0.3) is 0 Å². The maximum atomic E-state index is 5.32. The van der Waals surface area contributed by atoms with Crippen molar-refractivity contribution in [3.63, 3.8) is 0 Å². The van der Waals surface area contributed by atoms with Gasteiger partial charge in [0.2, 0.25) is 0 Å². The van der Waals surface area contributed by atoms with E-state index in [1.54, 1.807) is 11.3 Å². The topological polar surface area (TPSA) is 21.3 Å². The van der Waals surface area contributed by atoms with Gasteiger partial charge >= 0.3 is 0 Å². The molecule has 1 aliphatic heterocycles. The van der Waals surface area contributed by atoms with Gasteiger partial charge in [-0.05, 0) is 30.2 Å². The Morgan fingerprint density at radius 3 is 3.31 bits per heavy atom. The minimum atomic E-state index is 0.783. The minimum absolute atomic E-state index is 0.783. The van der Waals surface area contributed by atoms with Crippen LogP contribution in [0.3, 0.4) is 0 Å². The van der Waals surface area contributed by atoms with Gasteiger partial charge in [0.15, 0.2) is 0 Å². The van der Waals surface area contributed by atoms with Crippen LogP contribution in [0.1, 0.15) is 12.8 Å². The third-order valence-electron chi connectivity index (χ3n) is 2.43. The Labute approximate surface area is 82.9 Å². The molecule has 0 aliphatic carbocycles. The Kier molecular flexibility index (Phi) is 3.22. The van der Waals surface area contributed by atoms with Gasteiger partial charge in [-0.3, -0.25) is 0 Å². The van der Waals surface area contributed by atoms with E-state index in [1.165, 1.54) is 18.5 Å². The molecule has 0 bridgehead atoms. The van der Waals surface area contributed by atoms with Crippen molar-refractivity contribution in [2.45, 2.75) is 12.8 Å². The standard InChI is InChI=1S/C10H15NOS/c1(9-2-5-12-7-9)4-11-10-3-6-13-8-10/h3,6,8-9,11H,1-2,4-5,7H2. The fourth-order valence-corrected chi connectivity index (χ4v) is 2.21. The van der Waals surface area contributed by atoms with Crippen LogP contribution in [-0.4, -0.2) is 19.8 Å². The molecule has 72 valence electrons. The molecule has 0 radical (unpaired) electrons. The van der Waals surface area contributed by atoms with Crippen molar-refractivity contribution >= 4 is 17.0 Å². The molecule has 1 N–H and O–H groups in total. The maximum Gasteiger partial charge on any atom is 0.0495 e. The number of ether oxygens (including phenoxy) is 1. The molecule has 1 atom stereocenters. The Hall–Kier alpha value is -0.540. The monoisotopic (exact) mass is 197 g/mol. The lowest BCUT2D eigenvalue weighted by Gasteiger charge is -2.07. The largest absolute Gasteiger partial charge is 0.384 e. The summed E-state index contributed by atoms with van der Waals surface area (Å²) < 4.78 is 5.32. The predicted octanol–water partition coefficient (Wildman–Crippen LogP) is 2.59. The first-order valence-corrected chi connectivity index (χ1v) is 5.73. The molecule has 2 heterocycles. The van der Waals surface area contributed by atoms with Gasteiger partial charge in [-0.2, -0.15) is 11.3 Å². The molecule has 0 amide bonds. The molecule has 13 heavy (non-hydrogen) atoms. The molecule has 2 rings (SSSR count). The summed E-state index contributed by atoms with van der Waals surface area (Å²) in [5.41, 5.74) is 1.25. The first-order valence-electron chi connectivity index (χ1n) is 4.79. The van der Waals surface area contributed by atoms with Gasteiger partial charge in [0.05, 0.1) is 0 Å². The average Bonchev–Trinajstić information content (AvgIpc) is 2.75. The van der Waals surface area contributed by atoms with Crippen molar-refractivity contribution in [3.05, 3.63) is 16.8 Å². The smallest absolute Gasteiger partial charge is 0.0495 e. The highest BCUT2D eigenvalue weighted by Gasteiger charge is 2.14.